The number of halogens is 3. The Morgan fingerprint density at radius 2 is 1.84 bits per heavy atom. The van der Waals surface area contributed by atoms with Crippen LogP contribution in [0.5, 0.6) is 11.5 Å². The molecule has 0 radical (unpaired) electrons. The highest BCUT2D eigenvalue weighted by Crippen LogP contribution is 2.30. The molecule has 0 spiro atoms. The van der Waals surface area contributed by atoms with Crippen LogP contribution in [-0.2, 0) is 0 Å². The van der Waals surface area contributed by atoms with E-state index in [0.717, 1.165) is 51.4 Å². The second-order valence-electron chi connectivity index (χ2n) is 5.03. The molecule has 0 atom stereocenters. The van der Waals surface area contributed by atoms with Crippen molar-refractivity contribution >= 4 is 53.4 Å². The Morgan fingerprint density at radius 3 is 2.56 bits per heavy atom. The fourth-order valence-electron chi connectivity index (χ4n) is 1.95. The van der Waals surface area contributed by atoms with E-state index in [1.165, 1.54) is 0 Å². The van der Waals surface area contributed by atoms with E-state index in [9.17, 15) is 0 Å². The molecule has 2 aromatic rings. The van der Waals surface area contributed by atoms with Gasteiger partial charge in [-0.2, -0.15) is 0 Å². The van der Waals surface area contributed by atoms with Crippen LogP contribution in [0.1, 0.15) is 18.5 Å². The first-order valence-electron chi connectivity index (χ1n) is 7.54. The Kier molecular flexibility index (Phi) is 8.12. The molecule has 0 saturated carbocycles. The molecule has 1 aliphatic rings. The number of hydrogen-bond donors (Lipinski definition) is 0. The van der Waals surface area contributed by atoms with Gasteiger partial charge in [0, 0.05) is 6.42 Å². The van der Waals surface area contributed by atoms with E-state index in [-0.39, 0.29) is 0 Å². The maximum atomic E-state index is 5.43. The average Bonchev–Trinajstić information content (AvgIpc) is 2.58. The molecule has 7 heteroatoms. The molecule has 1 aliphatic heterocycles. The number of nitrogens with zero attached hydrogens (tertiary/aromatic N) is 2. The Labute approximate surface area is 172 Å². The van der Waals surface area contributed by atoms with Crippen molar-refractivity contribution < 1.29 is 9.47 Å². The lowest BCUT2D eigenvalue weighted by molar-refractivity contribution is 0.314. The third kappa shape index (κ3) is 6.24. The molecular formula is C18H17Br3N2O2. The molecule has 3 heterocycles. The van der Waals surface area contributed by atoms with E-state index < -0.39 is 0 Å². The summed E-state index contributed by atoms with van der Waals surface area (Å²) in [4.78, 5) is 8.42. The third-order valence-electron chi connectivity index (χ3n) is 3.18. The Balaban J connectivity index is 0.000000181. The summed E-state index contributed by atoms with van der Waals surface area (Å²) in [5, 5.41) is 0. The quantitative estimate of drug-likeness (QED) is 0.267. The summed E-state index contributed by atoms with van der Waals surface area (Å²) in [5.41, 5.74) is 1.94. The summed E-state index contributed by atoms with van der Waals surface area (Å²) < 4.78 is 13.2. The van der Waals surface area contributed by atoms with Gasteiger partial charge in [-0.3, -0.25) is 0 Å². The van der Waals surface area contributed by atoms with Crippen LogP contribution in [0.3, 0.4) is 0 Å². The smallest absolute Gasteiger partial charge is 0.152 e. The second-order valence-corrected chi connectivity index (χ2v) is 7.41. The molecule has 0 amide bonds. The summed E-state index contributed by atoms with van der Waals surface area (Å²) in [5.74, 6) is 1.60. The molecule has 0 bridgehead atoms. The molecule has 2 aromatic heterocycles. The summed E-state index contributed by atoms with van der Waals surface area (Å²) in [6.45, 7) is 8.89. The summed E-state index contributed by atoms with van der Waals surface area (Å²) in [6, 6.07) is 7.49. The van der Waals surface area contributed by atoms with Gasteiger partial charge in [-0.15, -0.1) is 6.58 Å². The zero-order valence-electron chi connectivity index (χ0n) is 13.5. The number of rotatable bonds is 4. The first-order chi connectivity index (χ1) is 12.0. The molecule has 0 aliphatic carbocycles. The fourth-order valence-corrected chi connectivity index (χ4v) is 3.25. The van der Waals surface area contributed by atoms with Gasteiger partial charge in [0.15, 0.2) is 5.75 Å². The molecule has 0 unspecified atom stereocenters. The lowest BCUT2D eigenvalue weighted by atomic mass is 10.1. The Bertz CT molecular complexity index is 766. The van der Waals surface area contributed by atoms with Gasteiger partial charge in [-0.25, -0.2) is 9.97 Å². The summed E-state index contributed by atoms with van der Waals surface area (Å²) >= 11 is 9.88. The van der Waals surface area contributed by atoms with Gasteiger partial charge in [-0.1, -0.05) is 12.7 Å². The van der Waals surface area contributed by atoms with Crippen LogP contribution >= 0.6 is 47.8 Å². The van der Waals surface area contributed by atoms with E-state index in [1.807, 2.05) is 30.3 Å². The highest BCUT2D eigenvalue weighted by Gasteiger charge is 2.14. The van der Waals surface area contributed by atoms with Crippen molar-refractivity contribution in [1.29, 1.82) is 0 Å². The van der Waals surface area contributed by atoms with Crippen molar-refractivity contribution in [2.75, 3.05) is 13.2 Å². The Morgan fingerprint density at radius 1 is 1.12 bits per heavy atom. The molecule has 132 valence electrons. The molecule has 0 aromatic carbocycles. The van der Waals surface area contributed by atoms with E-state index >= 15 is 0 Å². The predicted octanol–water partition coefficient (Wildman–Crippen LogP) is 6.20. The zero-order valence-corrected chi connectivity index (χ0v) is 18.2. The molecule has 25 heavy (non-hydrogen) atoms. The largest absolute Gasteiger partial charge is 0.491 e. The number of fused-ring (bicyclic) bond motifs is 1. The van der Waals surface area contributed by atoms with Crippen molar-refractivity contribution in [2.24, 2.45) is 0 Å². The minimum absolute atomic E-state index is 0.630. The van der Waals surface area contributed by atoms with Gasteiger partial charge < -0.3 is 9.47 Å². The number of ether oxygens (including phenoxy) is 2. The number of hydrogen-bond acceptors (Lipinski definition) is 4. The molecule has 0 fully saturated rings. The summed E-state index contributed by atoms with van der Waals surface area (Å²) in [6.07, 6.45) is 3.53. The van der Waals surface area contributed by atoms with Gasteiger partial charge >= 0.3 is 0 Å². The first-order valence-corrected chi connectivity index (χ1v) is 9.92. The van der Waals surface area contributed by atoms with Crippen LogP contribution in [0.2, 0.25) is 0 Å². The average molecular weight is 533 g/mol. The van der Waals surface area contributed by atoms with Crippen LogP contribution in [-0.4, -0.2) is 23.2 Å². The predicted molar refractivity (Wildman–Crippen MR) is 111 cm³/mol. The maximum absolute atomic E-state index is 5.43. The fraction of sp³-hybridized carbons (Fsp3) is 0.222. The van der Waals surface area contributed by atoms with Crippen molar-refractivity contribution in [3.63, 3.8) is 0 Å². The first kappa shape index (κ1) is 20.1. The summed E-state index contributed by atoms with van der Waals surface area (Å²) in [7, 11) is 0. The van der Waals surface area contributed by atoms with Crippen molar-refractivity contribution in [1.82, 2.24) is 9.97 Å². The second kappa shape index (κ2) is 10.1. The van der Waals surface area contributed by atoms with Gasteiger partial charge in [0.25, 0.3) is 0 Å². The lowest BCUT2D eigenvalue weighted by Gasteiger charge is -2.17. The van der Waals surface area contributed by atoms with E-state index in [2.05, 4.69) is 70.9 Å². The number of aromatic nitrogens is 2. The van der Waals surface area contributed by atoms with Crippen molar-refractivity contribution in [2.45, 2.75) is 12.8 Å². The van der Waals surface area contributed by atoms with E-state index in [1.54, 1.807) is 0 Å². The minimum atomic E-state index is 0.630. The maximum Gasteiger partial charge on any atom is 0.152 e. The van der Waals surface area contributed by atoms with Gasteiger partial charge in [-0.05, 0) is 84.0 Å². The highest BCUT2D eigenvalue weighted by atomic mass is 79.9. The zero-order chi connectivity index (χ0) is 18.2. The topological polar surface area (TPSA) is 44.2 Å². The van der Waals surface area contributed by atoms with Gasteiger partial charge in [0.2, 0.25) is 0 Å². The van der Waals surface area contributed by atoms with Crippen LogP contribution in [0.4, 0.5) is 0 Å². The van der Waals surface area contributed by atoms with Crippen LogP contribution in [0, 0.1) is 0 Å². The molecule has 3 rings (SSSR count). The van der Waals surface area contributed by atoms with Crippen LogP contribution < -0.4 is 9.47 Å². The third-order valence-corrected chi connectivity index (χ3v) is 4.63. The van der Waals surface area contributed by atoms with Gasteiger partial charge in [0.1, 0.15) is 25.3 Å². The number of pyridine rings is 2. The minimum Gasteiger partial charge on any atom is -0.491 e. The molecule has 0 saturated heterocycles. The Hall–Kier alpha value is -1.18. The molecule has 0 N–H and O–H groups in total. The highest BCUT2D eigenvalue weighted by molar-refractivity contribution is 9.11. The van der Waals surface area contributed by atoms with Crippen LogP contribution in [0.25, 0.3) is 5.57 Å². The molecular weight excluding hydrogens is 516 g/mol. The van der Waals surface area contributed by atoms with Crippen LogP contribution in [0.15, 0.2) is 57.3 Å². The van der Waals surface area contributed by atoms with Gasteiger partial charge in [0.05, 0.1) is 13.2 Å². The lowest BCUT2D eigenvalue weighted by Crippen LogP contribution is -2.08. The monoisotopic (exact) mass is 530 g/mol. The standard InChI is InChI=1S/C9H9Br2NO.C9H8BrNO/c1-2-3-6-13-7-4-5-8(10)12-9(7)11;1-6-4-5-12-7-2-3-8(10)11-9(6)7/h2,4-5H,1,3,6H2;2-3H,1,4-5H2. The normalized spacial score (nSPS) is 12.4. The van der Waals surface area contributed by atoms with E-state index in [4.69, 9.17) is 9.47 Å². The van der Waals surface area contributed by atoms with Crippen molar-refractivity contribution in [3.05, 3.63) is 63.0 Å². The molecule has 4 nitrogen and oxygen atoms in total. The van der Waals surface area contributed by atoms with Crippen molar-refractivity contribution in [3.8, 4) is 11.5 Å². The SMILES string of the molecule is C=C1CCOc2ccc(Br)nc21.C=CCCOc1ccc(Br)nc1Br. The van der Waals surface area contributed by atoms with E-state index in [0.29, 0.717) is 11.2 Å².